The van der Waals surface area contributed by atoms with Gasteiger partial charge in [-0.3, -0.25) is 14.8 Å². The number of hydrogen-bond donors (Lipinski definition) is 2. The SMILES string of the molecule is CCC(CC)(CNCC(O)Cn1cc([N+](=O)[O-])cn1)SC. The van der Waals surface area contributed by atoms with E-state index in [0.29, 0.717) is 6.54 Å². The van der Waals surface area contributed by atoms with Gasteiger partial charge in [-0.15, -0.1) is 0 Å². The molecule has 0 fully saturated rings. The average molecular weight is 316 g/mol. The number of rotatable bonds is 10. The third-order valence-corrected chi connectivity index (χ3v) is 5.36. The number of aliphatic hydroxyl groups is 1. The molecule has 0 saturated heterocycles. The van der Waals surface area contributed by atoms with Gasteiger partial charge in [0.25, 0.3) is 0 Å². The van der Waals surface area contributed by atoms with Crippen LogP contribution in [0.3, 0.4) is 0 Å². The summed E-state index contributed by atoms with van der Waals surface area (Å²) in [6.45, 7) is 5.85. The van der Waals surface area contributed by atoms with Crippen LogP contribution < -0.4 is 5.32 Å². The highest BCUT2D eigenvalue weighted by Crippen LogP contribution is 2.29. The van der Waals surface area contributed by atoms with Crippen molar-refractivity contribution in [1.82, 2.24) is 15.1 Å². The maximum Gasteiger partial charge on any atom is 0.306 e. The molecule has 1 atom stereocenters. The van der Waals surface area contributed by atoms with Gasteiger partial charge in [-0.1, -0.05) is 13.8 Å². The van der Waals surface area contributed by atoms with E-state index in [1.54, 1.807) is 0 Å². The molecule has 2 N–H and O–H groups in total. The highest BCUT2D eigenvalue weighted by molar-refractivity contribution is 8.00. The van der Waals surface area contributed by atoms with Crippen molar-refractivity contribution in [2.75, 3.05) is 19.3 Å². The predicted octanol–water partition coefficient (Wildman–Crippen LogP) is 1.66. The van der Waals surface area contributed by atoms with Crippen molar-refractivity contribution in [3.8, 4) is 0 Å². The lowest BCUT2D eigenvalue weighted by Crippen LogP contribution is -2.40. The Bertz CT molecular complexity index is 440. The largest absolute Gasteiger partial charge is 0.390 e. The second-order valence-corrected chi connectivity index (χ2v) is 6.33. The first-order valence-corrected chi connectivity index (χ1v) is 8.29. The zero-order chi connectivity index (χ0) is 15.9. The second kappa shape index (κ2) is 8.35. The first-order valence-electron chi connectivity index (χ1n) is 7.07. The number of nitrogens with one attached hydrogen (secondary N) is 1. The normalized spacial score (nSPS) is 13.3. The lowest BCUT2D eigenvalue weighted by molar-refractivity contribution is -0.385. The Morgan fingerprint density at radius 1 is 1.57 bits per heavy atom. The van der Waals surface area contributed by atoms with Crippen LogP contribution in [0.15, 0.2) is 12.4 Å². The van der Waals surface area contributed by atoms with Crippen LogP contribution in [0.1, 0.15) is 26.7 Å². The molecule has 8 heteroatoms. The Hall–Kier alpha value is -1.12. The van der Waals surface area contributed by atoms with Crippen LogP contribution in [0.5, 0.6) is 0 Å². The van der Waals surface area contributed by atoms with Crippen LogP contribution in [0.25, 0.3) is 0 Å². The topological polar surface area (TPSA) is 93.2 Å². The molecule has 0 radical (unpaired) electrons. The van der Waals surface area contributed by atoms with Gasteiger partial charge in [0, 0.05) is 17.8 Å². The van der Waals surface area contributed by atoms with E-state index in [4.69, 9.17) is 0 Å². The van der Waals surface area contributed by atoms with Crippen LogP contribution in [0.2, 0.25) is 0 Å². The summed E-state index contributed by atoms with van der Waals surface area (Å²) in [5, 5.41) is 27.7. The molecule has 1 rings (SSSR count). The number of aromatic nitrogens is 2. The number of nitrogens with zero attached hydrogens (tertiary/aromatic N) is 3. The van der Waals surface area contributed by atoms with Gasteiger partial charge in [-0.25, -0.2) is 0 Å². The average Bonchev–Trinajstić information content (AvgIpc) is 2.93. The first-order chi connectivity index (χ1) is 9.96. The van der Waals surface area contributed by atoms with Crippen molar-refractivity contribution in [3.05, 3.63) is 22.5 Å². The van der Waals surface area contributed by atoms with Gasteiger partial charge in [-0.05, 0) is 19.1 Å². The molecule has 0 aliphatic heterocycles. The highest BCUT2D eigenvalue weighted by Gasteiger charge is 2.24. The fourth-order valence-electron chi connectivity index (χ4n) is 2.15. The van der Waals surface area contributed by atoms with Crippen molar-refractivity contribution >= 4 is 17.4 Å². The van der Waals surface area contributed by atoms with E-state index in [-0.39, 0.29) is 17.0 Å². The van der Waals surface area contributed by atoms with E-state index < -0.39 is 11.0 Å². The molecule has 0 bridgehead atoms. The zero-order valence-corrected chi connectivity index (χ0v) is 13.6. The highest BCUT2D eigenvalue weighted by atomic mass is 32.2. The van der Waals surface area contributed by atoms with Gasteiger partial charge < -0.3 is 10.4 Å². The molecule has 0 aliphatic carbocycles. The summed E-state index contributed by atoms with van der Waals surface area (Å²) >= 11 is 1.84. The number of thioether (sulfide) groups is 1. The van der Waals surface area contributed by atoms with Crippen LogP contribution in [0.4, 0.5) is 5.69 Å². The van der Waals surface area contributed by atoms with E-state index >= 15 is 0 Å². The molecule has 1 aromatic heterocycles. The molecule has 120 valence electrons. The Balaban J connectivity index is 2.40. The summed E-state index contributed by atoms with van der Waals surface area (Å²) in [4.78, 5) is 10.1. The van der Waals surface area contributed by atoms with Crippen molar-refractivity contribution < 1.29 is 10.0 Å². The smallest absolute Gasteiger partial charge is 0.306 e. The standard InChI is InChI=1S/C13H24N4O3S/c1-4-13(5-2,21-3)10-14-7-12(18)9-16-8-11(6-15-16)17(19)20/h6,8,12,14,18H,4-5,7,9-10H2,1-3H3. The summed E-state index contributed by atoms with van der Waals surface area (Å²) in [6.07, 6.45) is 6.13. The van der Waals surface area contributed by atoms with Gasteiger partial charge >= 0.3 is 5.69 Å². The summed E-state index contributed by atoms with van der Waals surface area (Å²) in [5.74, 6) is 0. The van der Waals surface area contributed by atoms with E-state index in [2.05, 4.69) is 30.5 Å². The summed E-state index contributed by atoms with van der Waals surface area (Å²) in [5.41, 5.74) is -0.0616. The maximum atomic E-state index is 10.6. The van der Waals surface area contributed by atoms with Crippen molar-refractivity contribution in [3.63, 3.8) is 0 Å². The van der Waals surface area contributed by atoms with Gasteiger partial charge in [0.05, 0.1) is 17.6 Å². The Labute approximate surface area is 129 Å². The van der Waals surface area contributed by atoms with E-state index in [9.17, 15) is 15.2 Å². The monoisotopic (exact) mass is 316 g/mol. The molecule has 1 unspecified atom stereocenters. The van der Waals surface area contributed by atoms with E-state index in [0.717, 1.165) is 19.4 Å². The van der Waals surface area contributed by atoms with E-state index in [1.165, 1.54) is 17.1 Å². The quantitative estimate of drug-likeness (QED) is 0.504. The predicted molar refractivity (Wildman–Crippen MR) is 84.6 cm³/mol. The first kappa shape index (κ1) is 17.9. The van der Waals surface area contributed by atoms with Crippen LogP contribution >= 0.6 is 11.8 Å². The molecule has 1 aromatic rings. The lowest BCUT2D eigenvalue weighted by atomic mass is 10.0. The second-order valence-electron chi connectivity index (χ2n) is 5.06. The van der Waals surface area contributed by atoms with Gasteiger partial charge in [0.1, 0.15) is 12.4 Å². The summed E-state index contributed by atoms with van der Waals surface area (Å²) in [7, 11) is 0. The lowest BCUT2D eigenvalue weighted by Gasteiger charge is -2.30. The fourth-order valence-corrected chi connectivity index (χ4v) is 2.98. The molecule has 0 amide bonds. The minimum atomic E-state index is -0.627. The van der Waals surface area contributed by atoms with Crippen molar-refractivity contribution in [2.24, 2.45) is 0 Å². The molecular formula is C13H24N4O3S. The third kappa shape index (κ3) is 5.29. The van der Waals surface area contributed by atoms with Gasteiger partial charge in [-0.2, -0.15) is 16.9 Å². The van der Waals surface area contributed by atoms with Crippen LogP contribution in [-0.2, 0) is 6.54 Å². The molecular weight excluding hydrogens is 292 g/mol. The number of aliphatic hydroxyl groups excluding tert-OH is 1. The molecule has 1 heterocycles. The zero-order valence-electron chi connectivity index (χ0n) is 12.8. The number of hydrogen-bond acceptors (Lipinski definition) is 6. The minimum Gasteiger partial charge on any atom is -0.390 e. The fraction of sp³-hybridized carbons (Fsp3) is 0.769. The Morgan fingerprint density at radius 2 is 2.24 bits per heavy atom. The third-order valence-electron chi connectivity index (χ3n) is 3.78. The van der Waals surface area contributed by atoms with Gasteiger partial charge in [0.15, 0.2) is 0 Å². The van der Waals surface area contributed by atoms with Gasteiger partial charge in [0.2, 0.25) is 0 Å². The Morgan fingerprint density at radius 3 is 2.71 bits per heavy atom. The van der Waals surface area contributed by atoms with E-state index in [1.807, 2.05) is 11.8 Å². The maximum absolute atomic E-state index is 10.6. The van der Waals surface area contributed by atoms with Crippen LogP contribution in [-0.4, -0.2) is 50.0 Å². The summed E-state index contributed by atoms with van der Waals surface area (Å²) < 4.78 is 1.59. The summed E-state index contributed by atoms with van der Waals surface area (Å²) in [6, 6.07) is 0. The van der Waals surface area contributed by atoms with Crippen LogP contribution in [0, 0.1) is 10.1 Å². The van der Waals surface area contributed by atoms with Crippen molar-refractivity contribution in [2.45, 2.75) is 44.1 Å². The Kier molecular flexibility index (Phi) is 7.13. The minimum absolute atomic E-state index is 0.0616. The molecule has 0 spiro atoms. The molecule has 0 aliphatic rings. The molecule has 0 saturated carbocycles. The molecule has 0 aromatic carbocycles. The number of nitro groups is 1. The van der Waals surface area contributed by atoms with Crippen molar-refractivity contribution in [1.29, 1.82) is 0 Å². The molecule has 7 nitrogen and oxygen atoms in total. The molecule has 21 heavy (non-hydrogen) atoms.